The molecule has 3 aromatic rings. The lowest BCUT2D eigenvalue weighted by Gasteiger charge is -2.30. The molecule has 0 saturated carbocycles. The van der Waals surface area contributed by atoms with Gasteiger partial charge in [0.05, 0.1) is 12.1 Å². The highest BCUT2D eigenvalue weighted by molar-refractivity contribution is 6.08. The van der Waals surface area contributed by atoms with Gasteiger partial charge in [0.15, 0.2) is 0 Å². The van der Waals surface area contributed by atoms with Gasteiger partial charge in [0.25, 0.3) is 11.8 Å². The van der Waals surface area contributed by atoms with Crippen molar-refractivity contribution < 1.29 is 47.7 Å². The van der Waals surface area contributed by atoms with Crippen LogP contribution in [-0.4, -0.2) is 103 Å². The minimum absolute atomic E-state index is 0.0277. The lowest BCUT2D eigenvalue weighted by atomic mass is 9.99. The topological polar surface area (TPSA) is 219 Å². The molecule has 68 heavy (non-hydrogen) atoms. The first-order valence-electron chi connectivity index (χ1n) is 22.0. The van der Waals surface area contributed by atoms with E-state index in [0.717, 1.165) is 16.7 Å². The largest absolute Gasteiger partial charge is 0.444 e. The molecule has 0 atom stereocenters. The van der Waals surface area contributed by atoms with Crippen LogP contribution in [0, 0.1) is 0 Å². The van der Waals surface area contributed by atoms with Crippen LogP contribution >= 0.6 is 0 Å². The third-order valence-corrected chi connectivity index (χ3v) is 9.10. The average molecular weight is 941 g/mol. The molecular weight excluding hydrogens is 873 g/mol. The Morgan fingerprint density at radius 1 is 0.706 bits per heavy atom. The first-order chi connectivity index (χ1) is 31.5. The van der Waals surface area contributed by atoms with Crippen LogP contribution in [0.25, 0.3) is 5.57 Å². The van der Waals surface area contributed by atoms with E-state index in [4.69, 9.17) is 18.9 Å². The molecule has 0 spiro atoms. The zero-order valence-corrected chi connectivity index (χ0v) is 41.8. The molecular formula is C50H68N8O10. The highest BCUT2D eigenvalue weighted by atomic mass is 16.6. The van der Waals surface area contributed by atoms with Gasteiger partial charge in [0, 0.05) is 49.7 Å². The Balaban J connectivity index is 0.00000191. The smallest absolute Gasteiger partial charge is 0.437 e. The van der Waals surface area contributed by atoms with E-state index in [2.05, 4.69) is 31.3 Å². The van der Waals surface area contributed by atoms with Crippen molar-refractivity contribution in [2.75, 3.05) is 37.5 Å². The summed E-state index contributed by atoms with van der Waals surface area (Å²) in [4.78, 5) is 86.3. The molecule has 0 saturated heterocycles. The van der Waals surface area contributed by atoms with Crippen LogP contribution in [0.1, 0.15) is 121 Å². The van der Waals surface area contributed by atoms with E-state index in [1.165, 1.54) is 4.90 Å². The molecule has 6 amide bonds. The maximum atomic E-state index is 13.4. The van der Waals surface area contributed by atoms with E-state index in [1.54, 1.807) is 130 Å². The van der Waals surface area contributed by atoms with Gasteiger partial charge in [-0.3, -0.25) is 30.3 Å². The summed E-state index contributed by atoms with van der Waals surface area (Å²) in [6.45, 7) is 22.5. The molecule has 4 N–H and O–H groups in total. The Hall–Kier alpha value is -7.08. The van der Waals surface area contributed by atoms with Crippen molar-refractivity contribution in [2.45, 2.75) is 118 Å². The first-order valence-corrected chi connectivity index (χ1v) is 22.0. The van der Waals surface area contributed by atoms with E-state index < -0.39 is 35.1 Å². The molecule has 368 valence electrons. The number of carbonyl (C=O) groups excluding carboxylic acids is 6. The van der Waals surface area contributed by atoms with Crippen LogP contribution in [-0.2, 0) is 30.3 Å². The summed E-state index contributed by atoms with van der Waals surface area (Å²) >= 11 is 0. The number of guanidine groups is 2. The third kappa shape index (κ3) is 20.2. The zero-order valence-electron chi connectivity index (χ0n) is 41.8. The SMILES string of the molecule is CN(C(=O)c1ccc(C(=O)Nc2ccc(CN=C(NC=O)NC(=O)OC(C)(C)C)cc2)cc1)c1ccc(C2=CCN(/C(=N\C(=O)OC(C)(C)C)NC(=O)OC(C)(C)C)CC2)cc1.COC(C)(C)C. The first kappa shape index (κ1) is 55.2. The van der Waals surface area contributed by atoms with E-state index in [-0.39, 0.29) is 35.9 Å². The maximum absolute atomic E-state index is 13.4. The highest BCUT2D eigenvalue weighted by Crippen LogP contribution is 2.26. The van der Waals surface area contributed by atoms with Gasteiger partial charge in [0.2, 0.25) is 18.3 Å². The predicted molar refractivity (Wildman–Crippen MR) is 264 cm³/mol. The zero-order chi connectivity index (χ0) is 51.0. The number of carbonyl (C=O) groups is 6. The van der Waals surface area contributed by atoms with Crippen LogP contribution in [0.15, 0.2) is 88.9 Å². The molecule has 4 rings (SSSR count). The van der Waals surface area contributed by atoms with Crippen LogP contribution in [0.2, 0.25) is 0 Å². The normalized spacial score (nSPS) is 13.4. The highest BCUT2D eigenvalue weighted by Gasteiger charge is 2.25. The van der Waals surface area contributed by atoms with Crippen molar-refractivity contribution >= 4 is 65.4 Å². The summed E-state index contributed by atoms with van der Waals surface area (Å²) in [5.74, 6) is -0.681. The van der Waals surface area contributed by atoms with E-state index >= 15 is 0 Å². The van der Waals surface area contributed by atoms with Gasteiger partial charge in [-0.1, -0.05) is 30.3 Å². The standard InChI is InChI=1S/C45H56N8O9.C5H12O/c1-43(2,3)60-40(57)49-38(47-28-54)46-27-29-11-19-34(20-12-29)48-36(55)32-13-15-33(16-14-32)37(56)52(10)35-21-17-30(18-22-35)31-23-25-53(26-24-31)39(50-41(58)61-44(4,5)6)51-42(59)62-45(7,8)9;1-5(2,3)6-4/h11-23,28H,24-27H2,1-10H3,(H,48,55)(H,50,51,58,59)(H2,46,47,49,54,57);1-4H3. The quantitative estimate of drug-likeness (QED) is 0.0725. The number of alkyl carbamates (subject to hydrolysis) is 2. The second kappa shape index (κ2) is 24.1. The fourth-order valence-corrected chi connectivity index (χ4v) is 5.69. The second-order valence-electron chi connectivity index (χ2n) is 19.5. The lowest BCUT2D eigenvalue weighted by molar-refractivity contribution is -0.108. The third-order valence-electron chi connectivity index (χ3n) is 9.10. The number of amides is 6. The minimum atomic E-state index is -0.837. The number of aliphatic imine (C=N–C) groups is 2. The van der Waals surface area contributed by atoms with E-state index in [0.29, 0.717) is 48.4 Å². The molecule has 18 heteroatoms. The Labute approximate surface area is 399 Å². The monoisotopic (exact) mass is 941 g/mol. The number of rotatable bonds is 8. The molecule has 1 aliphatic rings. The summed E-state index contributed by atoms with van der Waals surface area (Å²) in [5.41, 5.74) is 2.46. The number of hydrogen-bond donors (Lipinski definition) is 4. The summed E-state index contributed by atoms with van der Waals surface area (Å²) in [5, 5.41) is 10.2. The Morgan fingerprint density at radius 2 is 1.24 bits per heavy atom. The number of hydrogen-bond acceptors (Lipinski definition) is 11. The van der Waals surface area contributed by atoms with Crippen LogP contribution in [0.3, 0.4) is 0 Å². The second-order valence-corrected chi connectivity index (χ2v) is 19.5. The predicted octanol–water partition coefficient (Wildman–Crippen LogP) is 8.68. The van der Waals surface area contributed by atoms with Gasteiger partial charge in [-0.05, 0) is 155 Å². The number of nitrogens with zero attached hydrogens (tertiary/aromatic N) is 4. The van der Waals surface area contributed by atoms with Gasteiger partial charge in [-0.2, -0.15) is 0 Å². The molecule has 0 fully saturated rings. The Morgan fingerprint density at radius 3 is 1.72 bits per heavy atom. The molecule has 18 nitrogen and oxygen atoms in total. The number of methoxy groups -OCH3 is 1. The maximum Gasteiger partial charge on any atom is 0.437 e. The molecule has 0 bridgehead atoms. The van der Waals surface area contributed by atoms with Gasteiger partial charge in [0.1, 0.15) is 16.8 Å². The number of anilines is 2. The average Bonchev–Trinajstić information content (AvgIpc) is 3.23. The number of benzene rings is 3. The summed E-state index contributed by atoms with van der Waals surface area (Å²) in [6.07, 6.45) is 0.614. The molecule has 0 radical (unpaired) electrons. The Kier molecular flexibility index (Phi) is 19.6. The number of ether oxygens (including phenoxy) is 4. The summed E-state index contributed by atoms with van der Waals surface area (Å²) in [6, 6.07) is 20.8. The van der Waals surface area contributed by atoms with Crippen molar-refractivity contribution in [3.63, 3.8) is 0 Å². The van der Waals surface area contributed by atoms with Crippen molar-refractivity contribution in [1.29, 1.82) is 0 Å². The van der Waals surface area contributed by atoms with Crippen molar-refractivity contribution in [1.82, 2.24) is 20.9 Å². The summed E-state index contributed by atoms with van der Waals surface area (Å²) < 4.78 is 20.9. The van der Waals surface area contributed by atoms with Gasteiger partial charge in [-0.25, -0.2) is 19.4 Å². The van der Waals surface area contributed by atoms with Crippen LogP contribution in [0.4, 0.5) is 25.8 Å². The lowest BCUT2D eigenvalue weighted by Crippen LogP contribution is -2.48. The van der Waals surface area contributed by atoms with E-state index in [9.17, 15) is 28.8 Å². The van der Waals surface area contributed by atoms with Crippen LogP contribution in [0.5, 0.6) is 0 Å². The number of nitrogens with one attached hydrogen (secondary N) is 4. The molecule has 3 aromatic carbocycles. The fourth-order valence-electron chi connectivity index (χ4n) is 5.69. The van der Waals surface area contributed by atoms with Crippen molar-refractivity contribution in [3.8, 4) is 0 Å². The molecule has 0 aromatic heterocycles. The summed E-state index contributed by atoms with van der Waals surface area (Å²) in [7, 11) is 3.38. The van der Waals surface area contributed by atoms with Crippen molar-refractivity contribution in [2.24, 2.45) is 9.98 Å². The van der Waals surface area contributed by atoms with Crippen LogP contribution < -0.4 is 26.2 Å². The van der Waals surface area contributed by atoms with E-state index in [1.807, 2.05) is 51.1 Å². The van der Waals surface area contributed by atoms with Gasteiger partial charge >= 0.3 is 18.3 Å². The molecule has 0 unspecified atom stereocenters. The molecule has 1 aliphatic heterocycles. The fraction of sp³-hybridized carbons (Fsp3) is 0.440. The molecule has 1 heterocycles. The Bertz CT molecular complexity index is 2310. The minimum Gasteiger partial charge on any atom is -0.444 e. The van der Waals surface area contributed by atoms with Crippen molar-refractivity contribution in [3.05, 3.63) is 101 Å². The van der Waals surface area contributed by atoms with Gasteiger partial charge in [-0.15, -0.1) is 4.99 Å². The molecule has 0 aliphatic carbocycles. The van der Waals surface area contributed by atoms with Gasteiger partial charge < -0.3 is 34.1 Å².